The van der Waals surface area contributed by atoms with Crippen molar-refractivity contribution in [1.82, 2.24) is 25.2 Å². The van der Waals surface area contributed by atoms with Gasteiger partial charge in [-0.05, 0) is 61.1 Å². The zero-order valence-electron chi connectivity index (χ0n) is 29.5. The van der Waals surface area contributed by atoms with Crippen LogP contribution in [0, 0.1) is 0 Å². The summed E-state index contributed by atoms with van der Waals surface area (Å²) < 4.78 is 0. The first-order valence-corrected chi connectivity index (χ1v) is 18.3. The highest BCUT2D eigenvalue weighted by Crippen LogP contribution is 2.30. The van der Waals surface area contributed by atoms with Crippen molar-refractivity contribution in [3.8, 4) is 22.5 Å². The minimum absolute atomic E-state index is 0.0542. The van der Waals surface area contributed by atoms with E-state index in [9.17, 15) is 19.2 Å². The van der Waals surface area contributed by atoms with Crippen molar-refractivity contribution in [2.24, 2.45) is 0 Å². The molecule has 2 saturated heterocycles. The van der Waals surface area contributed by atoms with Crippen LogP contribution in [-0.4, -0.2) is 74.0 Å². The normalized spacial score (nSPS) is 16.8. The Labute approximate surface area is 308 Å². The SMILES string of the molecule is O=C(C[C@@H]1CCCN1C(=O)Cc1ccccc1)Nc1ccc(-c2n[nH]nc2-c2ccc(NC(=O)C[C@@H]3CCCN3C(=O)Cc3ccccc3)cc2)cc1. The zero-order chi connectivity index (χ0) is 36.6. The highest BCUT2D eigenvalue weighted by atomic mass is 16.2. The first kappa shape index (κ1) is 35.3. The molecule has 11 nitrogen and oxygen atoms in total. The van der Waals surface area contributed by atoms with Crippen molar-refractivity contribution in [1.29, 1.82) is 0 Å². The maximum Gasteiger partial charge on any atom is 0.227 e. The third-order valence-electron chi connectivity index (χ3n) is 10.1. The van der Waals surface area contributed by atoms with Crippen molar-refractivity contribution in [2.45, 2.75) is 63.5 Å². The second-order valence-corrected chi connectivity index (χ2v) is 13.8. The summed E-state index contributed by atoms with van der Waals surface area (Å²) in [6, 6.07) is 34.0. The molecule has 0 bridgehead atoms. The number of carbonyl (C=O) groups excluding carboxylic acids is 4. The van der Waals surface area contributed by atoms with Gasteiger partial charge in [-0.2, -0.15) is 15.4 Å². The maximum atomic E-state index is 13.0. The van der Waals surface area contributed by atoms with E-state index >= 15 is 0 Å². The standard InChI is InChI=1S/C42H43N7O4/c50-37(27-35-13-7-23-48(35)39(52)25-29-9-3-1-4-10-29)43-33-19-15-31(16-20-33)41-42(46-47-45-41)32-17-21-34(22-18-32)44-38(51)28-36-14-8-24-49(36)40(53)26-30-11-5-2-6-12-30/h1-6,9-12,15-22,35-36H,7-8,13-14,23-28H2,(H,43,50)(H,44,51)(H,45,46,47)/t35-,36-/m0/s1. The summed E-state index contributed by atoms with van der Waals surface area (Å²) in [5, 5.41) is 17.5. The Hall–Kier alpha value is -6.10. The van der Waals surface area contributed by atoms with Gasteiger partial charge in [0.25, 0.3) is 0 Å². The summed E-state index contributed by atoms with van der Waals surface area (Å²) in [5.74, 6) is -0.154. The van der Waals surface area contributed by atoms with E-state index in [4.69, 9.17) is 0 Å². The van der Waals surface area contributed by atoms with E-state index in [1.807, 2.05) is 119 Å². The third-order valence-corrected chi connectivity index (χ3v) is 10.1. The van der Waals surface area contributed by atoms with Gasteiger partial charge in [0.2, 0.25) is 23.6 Å². The fourth-order valence-corrected chi connectivity index (χ4v) is 7.40. The smallest absolute Gasteiger partial charge is 0.227 e. The average Bonchev–Trinajstić information content (AvgIpc) is 3.95. The maximum absolute atomic E-state index is 13.0. The van der Waals surface area contributed by atoms with Crippen molar-refractivity contribution >= 4 is 35.0 Å². The molecule has 53 heavy (non-hydrogen) atoms. The van der Waals surface area contributed by atoms with E-state index in [1.165, 1.54) is 0 Å². The number of hydrogen-bond acceptors (Lipinski definition) is 6. The number of anilines is 2. The van der Waals surface area contributed by atoms with Crippen LogP contribution in [0.2, 0.25) is 0 Å². The fourth-order valence-electron chi connectivity index (χ4n) is 7.40. The van der Waals surface area contributed by atoms with Crippen molar-refractivity contribution < 1.29 is 19.2 Å². The molecule has 2 aliphatic rings. The van der Waals surface area contributed by atoms with Crippen LogP contribution in [0.1, 0.15) is 49.7 Å². The van der Waals surface area contributed by atoms with Gasteiger partial charge in [0.1, 0.15) is 11.4 Å². The molecule has 0 aliphatic carbocycles. The quantitative estimate of drug-likeness (QED) is 0.140. The fraction of sp³-hybridized carbons (Fsp3) is 0.286. The monoisotopic (exact) mass is 709 g/mol. The molecule has 7 rings (SSSR count). The van der Waals surface area contributed by atoms with Gasteiger partial charge in [-0.1, -0.05) is 84.9 Å². The molecule has 4 amide bonds. The molecule has 2 atom stereocenters. The van der Waals surface area contributed by atoms with Gasteiger partial charge in [-0.15, -0.1) is 0 Å². The predicted molar refractivity (Wildman–Crippen MR) is 204 cm³/mol. The lowest BCUT2D eigenvalue weighted by Crippen LogP contribution is -2.38. The molecule has 0 saturated carbocycles. The Bertz CT molecular complexity index is 1890. The van der Waals surface area contributed by atoms with Crippen molar-refractivity contribution in [3.05, 3.63) is 120 Å². The number of aromatic amines is 1. The van der Waals surface area contributed by atoms with E-state index in [1.54, 1.807) is 0 Å². The van der Waals surface area contributed by atoms with Crippen LogP contribution in [0.25, 0.3) is 22.5 Å². The topological polar surface area (TPSA) is 140 Å². The molecule has 270 valence electrons. The largest absolute Gasteiger partial charge is 0.339 e. The lowest BCUT2D eigenvalue weighted by molar-refractivity contribution is -0.133. The minimum atomic E-state index is -0.131. The summed E-state index contributed by atoms with van der Waals surface area (Å²) in [6.45, 7) is 1.35. The Morgan fingerprint density at radius 1 is 0.566 bits per heavy atom. The molecular formula is C42H43N7O4. The molecule has 4 aromatic carbocycles. The van der Waals surface area contributed by atoms with Crippen LogP contribution in [-0.2, 0) is 32.0 Å². The van der Waals surface area contributed by atoms with Crippen molar-refractivity contribution in [2.75, 3.05) is 23.7 Å². The van der Waals surface area contributed by atoms with E-state index < -0.39 is 0 Å². The van der Waals surface area contributed by atoms with E-state index in [0.29, 0.717) is 48.7 Å². The number of aromatic nitrogens is 3. The van der Waals surface area contributed by atoms with Gasteiger partial charge in [-0.25, -0.2) is 0 Å². The van der Waals surface area contributed by atoms with E-state index in [2.05, 4.69) is 26.0 Å². The van der Waals surface area contributed by atoms with Gasteiger partial charge < -0.3 is 20.4 Å². The lowest BCUT2D eigenvalue weighted by atomic mass is 10.0. The molecule has 2 fully saturated rings. The molecule has 1 aromatic heterocycles. The van der Waals surface area contributed by atoms with Gasteiger partial charge in [-0.3, -0.25) is 19.2 Å². The Morgan fingerprint density at radius 2 is 0.962 bits per heavy atom. The Balaban J connectivity index is 0.912. The number of rotatable bonds is 12. The molecule has 11 heteroatoms. The number of amides is 4. The second-order valence-electron chi connectivity index (χ2n) is 13.8. The first-order valence-electron chi connectivity index (χ1n) is 18.3. The minimum Gasteiger partial charge on any atom is -0.339 e. The van der Waals surface area contributed by atoms with Gasteiger partial charge in [0.15, 0.2) is 0 Å². The summed E-state index contributed by atoms with van der Waals surface area (Å²) in [4.78, 5) is 55.7. The van der Waals surface area contributed by atoms with Gasteiger partial charge in [0.05, 0.1) is 12.8 Å². The zero-order valence-corrected chi connectivity index (χ0v) is 29.5. The predicted octanol–water partition coefficient (Wildman–Crippen LogP) is 6.26. The molecule has 0 unspecified atom stereocenters. The van der Waals surface area contributed by atoms with Crippen LogP contribution >= 0.6 is 0 Å². The van der Waals surface area contributed by atoms with Crippen LogP contribution in [0.3, 0.4) is 0 Å². The number of nitrogens with zero attached hydrogens (tertiary/aromatic N) is 4. The number of H-pyrrole nitrogens is 1. The Kier molecular flexibility index (Phi) is 11.0. The third kappa shape index (κ3) is 8.86. The van der Waals surface area contributed by atoms with Crippen LogP contribution < -0.4 is 10.6 Å². The van der Waals surface area contributed by atoms with E-state index in [-0.39, 0.29) is 48.6 Å². The summed E-state index contributed by atoms with van der Waals surface area (Å²) >= 11 is 0. The van der Waals surface area contributed by atoms with Crippen LogP contribution in [0.5, 0.6) is 0 Å². The number of nitrogens with one attached hydrogen (secondary N) is 3. The molecule has 0 spiro atoms. The summed E-state index contributed by atoms with van der Waals surface area (Å²) in [5.41, 5.74) is 6.21. The van der Waals surface area contributed by atoms with Crippen LogP contribution in [0.4, 0.5) is 11.4 Å². The molecule has 5 aromatic rings. The van der Waals surface area contributed by atoms with Crippen molar-refractivity contribution in [3.63, 3.8) is 0 Å². The molecule has 3 N–H and O–H groups in total. The highest BCUT2D eigenvalue weighted by molar-refractivity contribution is 5.93. The molecule has 3 heterocycles. The second kappa shape index (κ2) is 16.5. The first-order chi connectivity index (χ1) is 25.9. The number of likely N-dealkylation sites (tertiary alicyclic amines) is 2. The number of hydrogen-bond donors (Lipinski definition) is 3. The summed E-state index contributed by atoms with van der Waals surface area (Å²) in [7, 11) is 0. The average molecular weight is 710 g/mol. The van der Waals surface area contributed by atoms with Crippen LogP contribution in [0.15, 0.2) is 109 Å². The van der Waals surface area contributed by atoms with Gasteiger partial charge in [0, 0.05) is 60.5 Å². The van der Waals surface area contributed by atoms with E-state index in [0.717, 1.165) is 47.9 Å². The molecular weight excluding hydrogens is 667 g/mol. The molecule has 0 radical (unpaired) electrons. The highest BCUT2D eigenvalue weighted by Gasteiger charge is 2.31. The Morgan fingerprint density at radius 3 is 1.36 bits per heavy atom. The van der Waals surface area contributed by atoms with Gasteiger partial charge >= 0.3 is 0 Å². The number of carbonyl (C=O) groups is 4. The molecule has 2 aliphatic heterocycles. The lowest BCUT2D eigenvalue weighted by Gasteiger charge is -2.24. The number of benzene rings is 4. The summed E-state index contributed by atoms with van der Waals surface area (Å²) in [6.07, 6.45) is 4.58.